The Labute approximate surface area is 87.1 Å². The highest BCUT2D eigenvalue weighted by atomic mass is 16.2. The van der Waals surface area contributed by atoms with E-state index in [9.17, 15) is 4.79 Å². The lowest BCUT2D eigenvalue weighted by Gasteiger charge is -2.33. The van der Waals surface area contributed by atoms with Gasteiger partial charge in [0.25, 0.3) is 0 Å². The summed E-state index contributed by atoms with van der Waals surface area (Å²) < 4.78 is 0. The molecule has 0 N–H and O–H groups in total. The zero-order valence-corrected chi connectivity index (χ0v) is 9.79. The minimum atomic E-state index is 0.256. The molecule has 0 spiro atoms. The van der Waals surface area contributed by atoms with Crippen LogP contribution in [0.5, 0.6) is 0 Å². The number of rotatable bonds is 2. The summed E-state index contributed by atoms with van der Waals surface area (Å²) in [4.78, 5) is 15.7. The van der Waals surface area contributed by atoms with Crippen molar-refractivity contribution in [1.82, 2.24) is 9.80 Å². The maximum Gasteiger partial charge on any atom is 0.225 e. The lowest BCUT2D eigenvalue weighted by Crippen LogP contribution is -2.39. The van der Waals surface area contributed by atoms with E-state index in [-0.39, 0.29) is 5.92 Å². The van der Waals surface area contributed by atoms with Crippen LogP contribution in [0.3, 0.4) is 0 Å². The van der Waals surface area contributed by atoms with E-state index in [1.807, 2.05) is 14.1 Å². The van der Waals surface area contributed by atoms with Crippen molar-refractivity contribution in [3.63, 3.8) is 0 Å². The van der Waals surface area contributed by atoms with Crippen molar-refractivity contribution in [2.45, 2.75) is 31.7 Å². The topological polar surface area (TPSA) is 23.6 Å². The number of hydrogen-bond donors (Lipinski definition) is 0. The molecule has 3 nitrogen and oxygen atoms in total. The lowest BCUT2D eigenvalue weighted by atomic mass is 9.84. The monoisotopic (exact) mass is 198 g/mol. The standard InChI is InChI=1S/C11H22N2O/c1-12(2)10-7-5-6-9(8-10)11(14)13(3)4/h9-10H,5-8H2,1-4H3. The number of carbonyl (C=O) groups is 1. The Morgan fingerprint density at radius 1 is 1.14 bits per heavy atom. The highest BCUT2D eigenvalue weighted by molar-refractivity contribution is 5.78. The minimum absolute atomic E-state index is 0.256. The van der Waals surface area contributed by atoms with E-state index in [2.05, 4.69) is 19.0 Å². The van der Waals surface area contributed by atoms with Crippen LogP contribution in [0.4, 0.5) is 0 Å². The summed E-state index contributed by atoms with van der Waals surface area (Å²) >= 11 is 0. The zero-order valence-electron chi connectivity index (χ0n) is 9.79. The molecule has 3 heteroatoms. The first-order valence-corrected chi connectivity index (χ1v) is 5.40. The molecule has 0 aromatic heterocycles. The Morgan fingerprint density at radius 2 is 1.79 bits per heavy atom. The predicted molar refractivity (Wildman–Crippen MR) is 58.1 cm³/mol. The van der Waals surface area contributed by atoms with Gasteiger partial charge in [-0.25, -0.2) is 0 Å². The number of nitrogens with zero attached hydrogens (tertiary/aromatic N) is 2. The first-order valence-electron chi connectivity index (χ1n) is 5.40. The van der Waals surface area contributed by atoms with Gasteiger partial charge in [0, 0.05) is 26.1 Å². The second-order valence-electron chi connectivity index (χ2n) is 4.71. The molecule has 2 unspecified atom stereocenters. The molecule has 1 rings (SSSR count). The van der Waals surface area contributed by atoms with Gasteiger partial charge in [-0.1, -0.05) is 6.42 Å². The summed E-state index contributed by atoms with van der Waals surface area (Å²) in [7, 11) is 7.91. The van der Waals surface area contributed by atoms with E-state index < -0.39 is 0 Å². The number of amides is 1. The molecule has 2 atom stereocenters. The molecule has 0 aromatic rings. The van der Waals surface area contributed by atoms with Crippen LogP contribution < -0.4 is 0 Å². The van der Waals surface area contributed by atoms with Gasteiger partial charge >= 0.3 is 0 Å². The normalized spacial score (nSPS) is 27.8. The minimum Gasteiger partial charge on any atom is -0.349 e. The fraction of sp³-hybridized carbons (Fsp3) is 0.909. The maximum absolute atomic E-state index is 11.8. The molecule has 0 radical (unpaired) electrons. The average molecular weight is 198 g/mol. The Morgan fingerprint density at radius 3 is 2.29 bits per heavy atom. The van der Waals surface area contributed by atoms with Gasteiger partial charge in [0.1, 0.15) is 0 Å². The van der Waals surface area contributed by atoms with Crippen LogP contribution in [0.2, 0.25) is 0 Å². The smallest absolute Gasteiger partial charge is 0.225 e. The highest BCUT2D eigenvalue weighted by Gasteiger charge is 2.28. The van der Waals surface area contributed by atoms with Crippen molar-refractivity contribution < 1.29 is 4.79 Å². The first-order chi connectivity index (χ1) is 6.52. The Hall–Kier alpha value is -0.570. The van der Waals surface area contributed by atoms with Crippen molar-refractivity contribution in [3.8, 4) is 0 Å². The molecule has 0 aromatic carbocycles. The van der Waals surface area contributed by atoms with Crippen molar-refractivity contribution >= 4 is 5.91 Å². The third kappa shape index (κ3) is 2.71. The predicted octanol–water partition coefficient (Wildman–Crippen LogP) is 1.19. The average Bonchev–Trinajstić information content (AvgIpc) is 2.16. The zero-order chi connectivity index (χ0) is 10.7. The summed E-state index contributed by atoms with van der Waals surface area (Å²) in [6.45, 7) is 0. The highest BCUT2D eigenvalue weighted by Crippen LogP contribution is 2.27. The van der Waals surface area contributed by atoms with Gasteiger partial charge in [0.2, 0.25) is 5.91 Å². The van der Waals surface area contributed by atoms with Gasteiger partial charge < -0.3 is 9.80 Å². The third-order valence-corrected chi connectivity index (χ3v) is 3.17. The van der Waals surface area contributed by atoms with Crippen molar-refractivity contribution in [1.29, 1.82) is 0 Å². The molecular weight excluding hydrogens is 176 g/mol. The van der Waals surface area contributed by atoms with E-state index in [1.165, 1.54) is 12.8 Å². The van der Waals surface area contributed by atoms with Crippen molar-refractivity contribution in [2.24, 2.45) is 5.92 Å². The SMILES string of the molecule is CN(C)C(=O)C1CCCC(N(C)C)C1. The van der Waals surface area contributed by atoms with E-state index in [0.29, 0.717) is 11.9 Å². The summed E-state index contributed by atoms with van der Waals surface area (Å²) in [5, 5.41) is 0. The summed E-state index contributed by atoms with van der Waals surface area (Å²) in [5.41, 5.74) is 0. The molecular formula is C11H22N2O. The number of hydrogen-bond acceptors (Lipinski definition) is 2. The van der Waals surface area contributed by atoms with Crippen LogP contribution in [-0.4, -0.2) is 49.9 Å². The van der Waals surface area contributed by atoms with Crippen LogP contribution in [0.1, 0.15) is 25.7 Å². The van der Waals surface area contributed by atoms with Crippen molar-refractivity contribution in [2.75, 3.05) is 28.2 Å². The van der Waals surface area contributed by atoms with Gasteiger partial charge in [-0.3, -0.25) is 4.79 Å². The Balaban J connectivity index is 2.51. The second kappa shape index (κ2) is 4.78. The molecule has 1 saturated carbocycles. The van der Waals surface area contributed by atoms with Crippen LogP contribution in [0.25, 0.3) is 0 Å². The van der Waals surface area contributed by atoms with Crippen LogP contribution in [-0.2, 0) is 4.79 Å². The summed E-state index contributed by atoms with van der Waals surface area (Å²) in [6, 6.07) is 0.595. The molecule has 0 bridgehead atoms. The van der Waals surface area contributed by atoms with Crippen LogP contribution in [0, 0.1) is 5.92 Å². The van der Waals surface area contributed by atoms with Crippen LogP contribution in [0.15, 0.2) is 0 Å². The molecule has 0 saturated heterocycles. The fourth-order valence-electron chi connectivity index (χ4n) is 2.22. The molecule has 14 heavy (non-hydrogen) atoms. The maximum atomic E-state index is 11.8. The van der Waals surface area contributed by atoms with Gasteiger partial charge in [0.05, 0.1) is 0 Å². The van der Waals surface area contributed by atoms with Gasteiger partial charge in [-0.2, -0.15) is 0 Å². The van der Waals surface area contributed by atoms with E-state index in [4.69, 9.17) is 0 Å². The molecule has 1 fully saturated rings. The van der Waals surface area contributed by atoms with E-state index in [0.717, 1.165) is 12.8 Å². The third-order valence-electron chi connectivity index (χ3n) is 3.17. The van der Waals surface area contributed by atoms with Crippen molar-refractivity contribution in [3.05, 3.63) is 0 Å². The van der Waals surface area contributed by atoms with E-state index in [1.54, 1.807) is 4.90 Å². The Bertz CT molecular complexity index is 201. The molecule has 0 heterocycles. The molecule has 0 aliphatic heterocycles. The Kier molecular flexibility index (Phi) is 3.93. The largest absolute Gasteiger partial charge is 0.349 e. The van der Waals surface area contributed by atoms with Gasteiger partial charge in [-0.15, -0.1) is 0 Å². The van der Waals surface area contributed by atoms with Crippen LogP contribution >= 0.6 is 0 Å². The number of carbonyl (C=O) groups excluding carboxylic acids is 1. The molecule has 1 amide bonds. The molecule has 1 aliphatic rings. The molecule has 1 aliphatic carbocycles. The molecule has 82 valence electrons. The fourth-order valence-corrected chi connectivity index (χ4v) is 2.22. The van der Waals surface area contributed by atoms with Gasteiger partial charge in [0.15, 0.2) is 0 Å². The quantitative estimate of drug-likeness (QED) is 0.665. The summed E-state index contributed by atoms with van der Waals surface area (Å²) in [5.74, 6) is 0.558. The lowest BCUT2D eigenvalue weighted by molar-refractivity contribution is -0.134. The van der Waals surface area contributed by atoms with Gasteiger partial charge in [-0.05, 0) is 33.4 Å². The van der Waals surface area contributed by atoms with E-state index >= 15 is 0 Å². The second-order valence-corrected chi connectivity index (χ2v) is 4.71. The summed E-state index contributed by atoms with van der Waals surface area (Å²) in [6.07, 6.45) is 4.53. The first kappa shape index (κ1) is 11.5.